The van der Waals surface area contributed by atoms with Gasteiger partial charge in [-0.15, -0.1) is 10.2 Å². The van der Waals surface area contributed by atoms with E-state index < -0.39 is 5.91 Å². The van der Waals surface area contributed by atoms with Crippen LogP contribution in [0.25, 0.3) is 22.4 Å². The normalized spacial score (nSPS) is 13.3. The summed E-state index contributed by atoms with van der Waals surface area (Å²) in [5, 5.41) is 9.28. The van der Waals surface area contributed by atoms with E-state index >= 15 is 0 Å². The second kappa shape index (κ2) is 9.80. The molecule has 39 heavy (non-hydrogen) atoms. The van der Waals surface area contributed by atoms with Crippen molar-refractivity contribution in [2.75, 3.05) is 25.2 Å². The zero-order chi connectivity index (χ0) is 27.3. The molecule has 196 valence electrons. The third kappa shape index (κ3) is 4.22. The quantitative estimate of drug-likeness (QED) is 0.292. The smallest absolute Gasteiger partial charge is 0.269 e. The average molecular weight is 541 g/mol. The van der Waals surface area contributed by atoms with Crippen molar-refractivity contribution in [2.24, 2.45) is 5.73 Å². The van der Waals surface area contributed by atoms with Crippen molar-refractivity contribution in [2.45, 2.75) is 19.9 Å². The standard InChI is InChI=1S/C30H25ClN4O4/c1-16-21(4-3-5-25(16)35-15-17-6-7-19(31)14-23(17)30(35)37)27-26-22-9-8-20(39-11-10-38-2)12-18(22)13-24(26)28(29(32)36)34-33-27/h3-9,12,14H,10-11,13,15H2,1-2H3,(H2,32,36). The number of aromatic nitrogens is 2. The number of halogens is 1. The summed E-state index contributed by atoms with van der Waals surface area (Å²) in [6, 6.07) is 17.0. The summed E-state index contributed by atoms with van der Waals surface area (Å²) in [6.45, 7) is 3.33. The summed E-state index contributed by atoms with van der Waals surface area (Å²) in [6.07, 6.45) is 0.479. The molecule has 0 unspecified atom stereocenters. The molecule has 0 bridgehead atoms. The van der Waals surface area contributed by atoms with Crippen molar-refractivity contribution in [3.05, 3.63) is 93.1 Å². The Morgan fingerprint density at radius 1 is 1.03 bits per heavy atom. The molecule has 0 fully saturated rings. The Balaban J connectivity index is 1.44. The summed E-state index contributed by atoms with van der Waals surface area (Å²) in [5.74, 6) is -0.00850. The van der Waals surface area contributed by atoms with E-state index in [0.717, 1.165) is 44.6 Å². The number of benzene rings is 3. The molecular weight excluding hydrogens is 516 g/mol. The Bertz CT molecular complexity index is 1670. The van der Waals surface area contributed by atoms with Gasteiger partial charge in [-0.05, 0) is 65.1 Å². The molecular formula is C30H25ClN4O4. The first-order valence-corrected chi connectivity index (χ1v) is 12.9. The van der Waals surface area contributed by atoms with Gasteiger partial charge in [-0.1, -0.05) is 35.9 Å². The van der Waals surface area contributed by atoms with Crippen molar-refractivity contribution in [3.8, 4) is 28.1 Å². The predicted molar refractivity (Wildman–Crippen MR) is 148 cm³/mol. The van der Waals surface area contributed by atoms with Gasteiger partial charge in [0.1, 0.15) is 18.1 Å². The number of methoxy groups -OCH3 is 1. The van der Waals surface area contributed by atoms with E-state index in [2.05, 4.69) is 10.2 Å². The van der Waals surface area contributed by atoms with Crippen LogP contribution in [-0.4, -0.2) is 42.3 Å². The first-order valence-electron chi connectivity index (χ1n) is 12.5. The summed E-state index contributed by atoms with van der Waals surface area (Å²) < 4.78 is 10.9. The van der Waals surface area contributed by atoms with Crippen molar-refractivity contribution < 1.29 is 19.1 Å². The highest BCUT2D eigenvalue weighted by atomic mass is 35.5. The van der Waals surface area contributed by atoms with Crippen molar-refractivity contribution >= 4 is 29.1 Å². The third-order valence-electron chi connectivity index (χ3n) is 7.30. The minimum Gasteiger partial charge on any atom is -0.491 e. The van der Waals surface area contributed by atoms with Gasteiger partial charge in [0.25, 0.3) is 11.8 Å². The van der Waals surface area contributed by atoms with Crippen molar-refractivity contribution in [1.82, 2.24) is 10.2 Å². The highest BCUT2D eigenvalue weighted by molar-refractivity contribution is 6.31. The van der Waals surface area contributed by atoms with Gasteiger partial charge in [-0.25, -0.2) is 0 Å². The molecule has 6 rings (SSSR count). The SMILES string of the molecule is COCCOc1ccc2c(c1)Cc1c(C(N)=O)nnc(-c3cccc(N4Cc5ccc(Cl)cc5C4=O)c3C)c1-2. The van der Waals surface area contributed by atoms with Crippen LogP contribution >= 0.6 is 11.6 Å². The van der Waals surface area contributed by atoms with Gasteiger partial charge in [-0.3, -0.25) is 9.59 Å². The van der Waals surface area contributed by atoms with Gasteiger partial charge >= 0.3 is 0 Å². The van der Waals surface area contributed by atoms with Crippen LogP contribution in [-0.2, 0) is 17.7 Å². The second-order valence-corrected chi connectivity index (χ2v) is 10.0. The number of nitrogens with two attached hydrogens (primary N) is 1. The molecule has 2 heterocycles. The number of hydrogen-bond donors (Lipinski definition) is 1. The number of anilines is 1. The van der Waals surface area contributed by atoms with Crippen LogP contribution in [0.1, 0.15) is 43.1 Å². The number of amides is 2. The Kier molecular flexibility index (Phi) is 6.29. The van der Waals surface area contributed by atoms with Gasteiger partial charge in [0, 0.05) is 40.9 Å². The van der Waals surface area contributed by atoms with Gasteiger partial charge in [0.05, 0.1) is 13.2 Å². The van der Waals surface area contributed by atoms with E-state index in [1.807, 2.05) is 49.4 Å². The fourth-order valence-electron chi connectivity index (χ4n) is 5.44. The van der Waals surface area contributed by atoms with Crippen molar-refractivity contribution in [3.63, 3.8) is 0 Å². The molecule has 0 spiro atoms. The van der Waals surface area contributed by atoms with E-state index in [9.17, 15) is 9.59 Å². The lowest BCUT2D eigenvalue weighted by Gasteiger charge is -2.21. The molecule has 1 aromatic heterocycles. The van der Waals surface area contributed by atoms with Crippen LogP contribution in [0.3, 0.4) is 0 Å². The number of primary amides is 1. The maximum Gasteiger partial charge on any atom is 0.269 e. The zero-order valence-electron chi connectivity index (χ0n) is 21.5. The lowest BCUT2D eigenvalue weighted by atomic mass is 9.95. The first kappa shape index (κ1) is 25.0. The largest absolute Gasteiger partial charge is 0.491 e. The Hall–Kier alpha value is -4.27. The number of ether oxygens (including phenoxy) is 2. The van der Waals surface area contributed by atoms with E-state index in [1.54, 1.807) is 24.1 Å². The maximum atomic E-state index is 13.3. The minimum atomic E-state index is -0.626. The van der Waals surface area contributed by atoms with Gasteiger partial charge < -0.3 is 20.1 Å². The fourth-order valence-corrected chi connectivity index (χ4v) is 5.62. The summed E-state index contributed by atoms with van der Waals surface area (Å²) in [4.78, 5) is 27.4. The van der Waals surface area contributed by atoms with Crippen LogP contribution < -0.4 is 15.4 Å². The lowest BCUT2D eigenvalue weighted by Crippen LogP contribution is -2.24. The van der Waals surface area contributed by atoms with Gasteiger partial charge in [0.15, 0.2) is 5.69 Å². The molecule has 9 heteroatoms. The molecule has 2 aliphatic rings. The van der Waals surface area contributed by atoms with E-state index in [1.165, 1.54) is 0 Å². The second-order valence-electron chi connectivity index (χ2n) is 9.59. The molecule has 0 radical (unpaired) electrons. The zero-order valence-corrected chi connectivity index (χ0v) is 22.2. The van der Waals surface area contributed by atoms with Crippen LogP contribution in [0.15, 0.2) is 54.6 Å². The Labute approximate surface area is 230 Å². The van der Waals surface area contributed by atoms with Crippen LogP contribution in [0, 0.1) is 6.92 Å². The average Bonchev–Trinajstić information content (AvgIpc) is 3.46. The molecule has 3 aromatic carbocycles. The number of rotatable bonds is 7. The van der Waals surface area contributed by atoms with E-state index in [4.69, 9.17) is 26.8 Å². The number of fused-ring (bicyclic) bond motifs is 4. The molecule has 4 aromatic rings. The molecule has 1 aliphatic heterocycles. The number of carbonyl (C=O) groups excluding carboxylic acids is 2. The minimum absolute atomic E-state index is 0.0977. The molecule has 1 aliphatic carbocycles. The first-order chi connectivity index (χ1) is 18.9. The topological polar surface area (TPSA) is 108 Å². The lowest BCUT2D eigenvalue weighted by molar-refractivity contribution is 0.0987. The molecule has 2 amide bonds. The molecule has 8 nitrogen and oxygen atoms in total. The van der Waals surface area contributed by atoms with Crippen LogP contribution in [0.4, 0.5) is 5.69 Å². The molecule has 0 atom stereocenters. The van der Waals surface area contributed by atoms with Gasteiger partial charge in [-0.2, -0.15) is 0 Å². The van der Waals surface area contributed by atoms with Crippen LogP contribution in [0.2, 0.25) is 5.02 Å². The Morgan fingerprint density at radius 3 is 2.67 bits per heavy atom. The van der Waals surface area contributed by atoms with E-state index in [0.29, 0.717) is 48.2 Å². The van der Waals surface area contributed by atoms with Crippen LogP contribution in [0.5, 0.6) is 5.75 Å². The molecule has 0 saturated carbocycles. The monoisotopic (exact) mass is 540 g/mol. The molecule has 0 saturated heterocycles. The predicted octanol–water partition coefficient (Wildman–Crippen LogP) is 4.96. The highest BCUT2D eigenvalue weighted by Crippen LogP contribution is 2.45. The molecule has 2 N–H and O–H groups in total. The summed E-state index contributed by atoms with van der Waals surface area (Å²) in [7, 11) is 1.63. The number of carbonyl (C=O) groups is 2. The number of nitrogens with zero attached hydrogens (tertiary/aromatic N) is 3. The van der Waals surface area contributed by atoms with Crippen molar-refractivity contribution in [1.29, 1.82) is 0 Å². The third-order valence-corrected chi connectivity index (χ3v) is 7.54. The highest BCUT2D eigenvalue weighted by Gasteiger charge is 2.32. The van der Waals surface area contributed by atoms with E-state index in [-0.39, 0.29) is 11.6 Å². The summed E-state index contributed by atoms with van der Waals surface area (Å²) in [5.41, 5.74) is 14.0. The maximum absolute atomic E-state index is 13.3. The fraction of sp³-hybridized carbons (Fsp3) is 0.200. The Morgan fingerprint density at radius 2 is 1.87 bits per heavy atom. The number of hydrogen-bond acceptors (Lipinski definition) is 6. The van der Waals surface area contributed by atoms with Gasteiger partial charge in [0.2, 0.25) is 0 Å². The summed E-state index contributed by atoms with van der Waals surface area (Å²) >= 11 is 6.16.